The molecule has 1 N–H and O–H groups in total. The Hall–Kier alpha value is -3.48. The minimum Gasteiger partial charge on any atom is -0.481 e. The number of carboxylic acid groups (broad SMARTS) is 1. The molecule has 0 unspecified atom stereocenters. The minimum atomic E-state index is -0.961. The SMILES string of the molecule is Cc1cccc(-n2cc(C(=O)N3CCC(C(=O)O)(c4ccccc4)CC3)nn2)c1. The summed E-state index contributed by atoms with van der Waals surface area (Å²) < 4.78 is 1.58. The molecule has 2 heterocycles. The molecule has 29 heavy (non-hydrogen) atoms. The fourth-order valence-corrected chi connectivity index (χ4v) is 3.90. The molecule has 4 rings (SSSR count). The Morgan fingerprint density at radius 2 is 1.76 bits per heavy atom. The first-order valence-corrected chi connectivity index (χ1v) is 9.57. The summed E-state index contributed by atoms with van der Waals surface area (Å²) in [5, 5.41) is 18.0. The second-order valence-corrected chi connectivity index (χ2v) is 7.43. The lowest BCUT2D eigenvalue weighted by atomic mass is 9.73. The monoisotopic (exact) mass is 390 g/mol. The molecule has 3 aromatic rings. The molecule has 1 aliphatic rings. The van der Waals surface area contributed by atoms with Crippen LogP contribution in [0.3, 0.4) is 0 Å². The number of carbonyl (C=O) groups excluding carboxylic acids is 1. The summed E-state index contributed by atoms with van der Waals surface area (Å²) in [6, 6.07) is 17.0. The summed E-state index contributed by atoms with van der Waals surface area (Å²) in [4.78, 5) is 26.6. The van der Waals surface area contributed by atoms with Crippen LogP contribution in [0.2, 0.25) is 0 Å². The van der Waals surface area contributed by atoms with Crippen molar-refractivity contribution in [3.8, 4) is 5.69 Å². The molecule has 1 aliphatic heterocycles. The van der Waals surface area contributed by atoms with Gasteiger partial charge in [0.2, 0.25) is 0 Å². The van der Waals surface area contributed by atoms with E-state index in [-0.39, 0.29) is 11.6 Å². The van der Waals surface area contributed by atoms with Gasteiger partial charge in [-0.05, 0) is 43.0 Å². The fourth-order valence-electron chi connectivity index (χ4n) is 3.90. The molecule has 1 amide bonds. The smallest absolute Gasteiger partial charge is 0.314 e. The van der Waals surface area contributed by atoms with Crippen molar-refractivity contribution in [1.82, 2.24) is 19.9 Å². The molecule has 1 saturated heterocycles. The maximum absolute atomic E-state index is 12.9. The zero-order valence-corrected chi connectivity index (χ0v) is 16.2. The maximum atomic E-state index is 12.9. The lowest BCUT2D eigenvalue weighted by molar-refractivity contribution is -0.145. The van der Waals surface area contributed by atoms with Crippen LogP contribution in [0.5, 0.6) is 0 Å². The van der Waals surface area contributed by atoms with Gasteiger partial charge in [-0.3, -0.25) is 9.59 Å². The number of aliphatic carboxylic acids is 1. The lowest BCUT2D eigenvalue weighted by Crippen LogP contribution is -2.49. The summed E-state index contributed by atoms with van der Waals surface area (Å²) in [6.45, 7) is 2.70. The standard InChI is InChI=1S/C22H22N4O3/c1-16-6-5-9-18(14-16)26-15-19(23-24-26)20(27)25-12-10-22(11-13-25,21(28)29)17-7-3-2-4-8-17/h2-9,14-15H,10-13H2,1H3,(H,28,29). The van der Waals surface area contributed by atoms with E-state index in [0.717, 1.165) is 16.8 Å². The average Bonchev–Trinajstić information content (AvgIpc) is 3.24. The van der Waals surface area contributed by atoms with Crippen molar-refractivity contribution in [2.75, 3.05) is 13.1 Å². The van der Waals surface area contributed by atoms with Crippen molar-refractivity contribution in [3.05, 3.63) is 77.6 Å². The number of rotatable bonds is 4. The van der Waals surface area contributed by atoms with Crippen molar-refractivity contribution in [1.29, 1.82) is 0 Å². The van der Waals surface area contributed by atoms with Crippen LogP contribution in [0.25, 0.3) is 5.69 Å². The minimum absolute atomic E-state index is 0.226. The largest absolute Gasteiger partial charge is 0.481 e. The van der Waals surface area contributed by atoms with Gasteiger partial charge in [0.1, 0.15) is 0 Å². The second-order valence-electron chi connectivity index (χ2n) is 7.43. The van der Waals surface area contributed by atoms with E-state index in [4.69, 9.17) is 0 Å². The van der Waals surface area contributed by atoms with Crippen LogP contribution in [0.1, 0.15) is 34.5 Å². The predicted octanol–water partition coefficient (Wildman–Crippen LogP) is 2.83. The Morgan fingerprint density at radius 3 is 2.41 bits per heavy atom. The first kappa shape index (κ1) is 18.9. The van der Waals surface area contributed by atoms with Crippen molar-refractivity contribution in [3.63, 3.8) is 0 Å². The molecule has 7 heteroatoms. The highest BCUT2D eigenvalue weighted by Gasteiger charge is 2.44. The van der Waals surface area contributed by atoms with Crippen molar-refractivity contribution >= 4 is 11.9 Å². The van der Waals surface area contributed by atoms with Crippen molar-refractivity contribution in [2.45, 2.75) is 25.2 Å². The fraction of sp³-hybridized carbons (Fsp3) is 0.273. The van der Waals surface area contributed by atoms with E-state index in [2.05, 4.69) is 10.3 Å². The summed E-state index contributed by atoms with van der Waals surface area (Å²) >= 11 is 0. The number of nitrogens with zero attached hydrogens (tertiary/aromatic N) is 4. The number of carbonyl (C=O) groups is 2. The van der Waals surface area contributed by atoms with Gasteiger partial charge in [-0.25, -0.2) is 4.68 Å². The summed E-state index contributed by atoms with van der Waals surface area (Å²) in [7, 11) is 0. The van der Waals surface area contributed by atoms with Gasteiger partial charge in [0.05, 0.1) is 17.3 Å². The maximum Gasteiger partial charge on any atom is 0.314 e. The summed E-state index contributed by atoms with van der Waals surface area (Å²) in [5.41, 5.74) is 2.01. The number of hydrogen-bond acceptors (Lipinski definition) is 4. The molecule has 0 atom stereocenters. The highest BCUT2D eigenvalue weighted by Crippen LogP contribution is 2.36. The van der Waals surface area contributed by atoms with Gasteiger partial charge in [-0.1, -0.05) is 47.7 Å². The van der Waals surface area contributed by atoms with Crippen LogP contribution < -0.4 is 0 Å². The van der Waals surface area contributed by atoms with Crippen LogP contribution in [0.4, 0.5) is 0 Å². The van der Waals surface area contributed by atoms with Gasteiger partial charge in [0, 0.05) is 13.1 Å². The van der Waals surface area contributed by atoms with E-state index >= 15 is 0 Å². The zero-order chi connectivity index (χ0) is 20.4. The Bertz CT molecular complexity index is 1040. The van der Waals surface area contributed by atoms with Gasteiger partial charge in [-0.2, -0.15) is 0 Å². The molecule has 0 aliphatic carbocycles. The number of likely N-dealkylation sites (tertiary alicyclic amines) is 1. The number of amides is 1. The van der Waals surface area contributed by atoms with Crippen LogP contribution in [0, 0.1) is 6.92 Å². The Labute approximate surface area is 168 Å². The topological polar surface area (TPSA) is 88.3 Å². The van der Waals surface area contributed by atoms with Crippen LogP contribution in [-0.2, 0) is 10.2 Å². The third-order valence-electron chi connectivity index (χ3n) is 5.62. The molecule has 0 saturated carbocycles. The third kappa shape index (κ3) is 3.51. The van der Waals surface area contributed by atoms with Crippen molar-refractivity contribution < 1.29 is 14.7 Å². The number of aromatic nitrogens is 3. The molecule has 7 nitrogen and oxygen atoms in total. The van der Waals surface area contributed by atoms with Gasteiger partial charge in [-0.15, -0.1) is 5.10 Å². The Balaban J connectivity index is 1.50. The van der Waals surface area contributed by atoms with E-state index in [9.17, 15) is 14.7 Å². The molecule has 1 aromatic heterocycles. The van der Waals surface area contributed by atoms with E-state index in [1.807, 2.05) is 61.5 Å². The molecule has 0 bridgehead atoms. The van der Waals surface area contributed by atoms with Gasteiger partial charge < -0.3 is 10.0 Å². The van der Waals surface area contributed by atoms with E-state index < -0.39 is 11.4 Å². The zero-order valence-electron chi connectivity index (χ0n) is 16.2. The van der Waals surface area contributed by atoms with Gasteiger partial charge >= 0.3 is 5.97 Å². The normalized spacial score (nSPS) is 15.8. The van der Waals surface area contributed by atoms with E-state index in [1.165, 1.54) is 0 Å². The molecule has 1 fully saturated rings. The van der Waals surface area contributed by atoms with Gasteiger partial charge in [0.15, 0.2) is 5.69 Å². The number of benzene rings is 2. The number of hydrogen-bond donors (Lipinski definition) is 1. The Kier molecular flexibility index (Phi) is 4.88. The number of piperidine rings is 1. The Morgan fingerprint density at radius 1 is 1.03 bits per heavy atom. The first-order valence-electron chi connectivity index (χ1n) is 9.57. The van der Waals surface area contributed by atoms with E-state index in [0.29, 0.717) is 25.9 Å². The van der Waals surface area contributed by atoms with Crippen LogP contribution >= 0.6 is 0 Å². The highest BCUT2D eigenvalue weighted by atomic mass is 16.4. The first-order chi connectivity index (χ1) is 14.0. The molecule has 0 radical (unpaired) electrons. The molecule has 148 valence electrons. The lowest BCUT2D eigenvalue weighted by Gasteiger charge is -2.39. The van der Waals surface area contributed by atoms with Crippen LogP contribution in [-0.4, -0.2) is 50.0 Å². The number of aryl methyl sites for hydroxylation is 1. The quantitative estimate of drug-likeness (QED) is 0.740. The second kappa shape index (κ2) is 7.50. The highest BCUT2D eigenvalue weighted by molar-refractivity contribution is 5.92. The van der Waals surface area contributed by atoms with E-state index in [1.54, 1.807) is 15.8 Å². The summed E-state index contributed by atoms with van der Waals surface area (Å²) in [5.74, 6) is -1.07. The average molecular weight is 390 g/mol. The third-order valence-corrected chi connectivity index (χ3v) is 5.62. The van der Waals surface area contributed by atoms with Gasteiger partial charge in [0.25, 0.3) is 5.91 Å². The molecule has 0 spiro atoms. The molecular weight excluding hydrogens is 368 g/mol. The number of carboxylic acids is 1. The van der Waals surface area contributed by atoms with Crippen molar-refractivity contribution in [2.24, 2.45) is 0 Å². The summed E-state index contributed by atoms with van der Waals surface area (Å²) in [6.07, 6.45) is 2.35. The molecular formula is C22H22N4O3. The van der Waals surface area contributed by atoms with Crippen LogP contribution in [0.15, 0.2) is 60.8 Å². The predicted molar refractivity (Wildman–Crippen MR) is 107 cm³/mol. The molecule has 2 aromatic carbocycles.